The SMILES string of the molecule is CCOc1ccccc1NC(=O)CN1N=N[C@H]2C(=O)N(c3ccc(F)cc3)C(=O)[C@H]21. The molecule has 1 N–H and O–H groups in total. The largest absolute Gasteiger partial charge is 0.492 e. The van der Waals surface area contributed by atoms with Crippen molar-refractivity contribution in [1.82, 2.24) is 5.01 Å². The van der Waals surface area contributed by atoms with Crippen LogP contribution in [0.25, 0.3) is 0 Å². The molecule has 30 heavy (non-hydrogen) atoms. The summed E-state index contributed by atoms with van der Waals surface area (Å²) in [5.74, 6) is -1.54. The second-order valence-electron chi connectivity index (χ2n) is 6.66. The maximum Gasteiger partial charge on any atom is 0.263 e. The quantitative estimate of drug-likeness (QED) is 0.734. The standard InChI is InChI=1S/C20H18FN5O4/c1-2-30-15-6-4-3-5-14(15)22-16(27)11-25-18-17(23-24-25)19(28)26(20(18)29)13-9-7-12(21)8-10-13/h3-10,17-18H,2,11H2,1H3,(H,22,27)/t17-,18+/m1/s1. The molecule has 10 heteroatoms. The van der Waals surface area contributed by atoms with E-state index in [0.717, 1.165) is 17.0 Å². The van der Waals surface area contributed by atoms with Gasteiger partial charge in [-0.1, -0.05) is 17.4 Å². The molecule has 2 heterocycles. The van der Waals surface area contributed by atoms with Crippen molar-refractivity contribution in [1.29, 1.82) is 0 Å². The van der Waals surface area contributed by atoms with Crippen molar-refractivity contribution in [2.75, 3.05) is 23.4 Å². The van der Waals surface area contributed by atoms with Crippen molar-refractivity contribution in [2.24, 2.45) is 10.3 Å². The summed E-state index contributed by atoms with van der Waals surface area (Å²) in [6.45, 7) is 1.99. The fraction of sp³-hybridized carbons (Fsp3) is 0.250. The third-order valence-electron chi connectivity index (χ3n) is 4.71. The van der Waals surface area contributed by atoms with E-state index in [-0.39, 0.29) is 12.2 Å². The number of benzene rings is 2. The number of ether oxygens (including phenoxy) is 1. The van der Waals surface area contributed by atoms with Crippen LogP contribution in [0.3, 0.4) is 0 Å². The third-order valence-corrected chi connectivity index (χ3v) is 4.71. The molecule has 0 spiro atoms. The number of halogens is 1. The first-order valence-corrected chi connectivity index (χ1v) is 9.32. The number of carbonyl (C=O) groups excluding carboxylic acids is 3. The number of imide groups is 1. The average Bonchev–Trinajstić information content (AvgIpc) is 3.24. The van der Waals surface area contributed by atoms with E-state index in [1.165, 1.54) is 17.1 Å². The smallest absolute Gasteiger partial charge is 0.263 e. The number of carbonyl (C=O) groups is 3. The van der Waals surface area contributed by atoms with Gasteiger partial charge in [0.1, 0.15) is 18.1 Å². The van der Waals surface area contributed by atoms with E-state index < -0.39 is 35.6 Å². The molecule has 154 valence electrons. The first-order valence-electron chi connectivity index (χ1n) is 9.32. The number of hydrogen-bond donors (Lipinski definition) is 1. The highest BCUT2D eigenvalue weighted by molar-refractivity contribution is 6.25. The monoisotopic (exact) mass is 411 g/mol. The van der Waals surface area contributed by atoms with E-state index in [4.69, 9.17) is 4.74 Å². The molecule has 3 amide bonds. The maximum absolute atomic E-state index is 13.2. The average molecular weight is 411 g/mol. The van der Waals surface area contributed by atoms with E-state index >= 15 is 0 Å². The summed E-state index contributed by atoms with van der Waals surface area (Å²) < 4.78 is 18.7. The number of nitrogens with one attached hydrogen (secondary N) is 1. The lowest BCUT2D eigenvalue weighted by Gasteiger charge is -2.20. The molecule has 0 saturated carbocycles. The van der Waals surface area contributed by atoms with Gasteiger partial charge >= 0.3 is 0 Å². The van der Waals surface area contributed by atoms with Crippen LogP contribution in [0.2, 0.25) is 0 Å². The van der Waals surface area contributed by atoms with Crippen LogP contribution in [0.5, 0.6) is 5.75 Å². The highest BCUT2D eigenvalue weighted by Gasteiger charge is 2.55. The molecule has 0 aliphatic carbocycles. The van der Waals surface area contributed by atoms with Crippen molar-refractivity contribution >= 4 is 29.1 Å². The van der Waals surface area contributed by atoms with Gasteiger partial charge in [-0.3, -0.25) is 19.4 Å². The highest BCUT2D eigenvalue weighted by Crippen LogP contribution is 2.32. The van der Waals surface area contributed by atoms with Gasteiger partial charge in [-0.05, 0) is 43.3 Å². The lowest BCUT2D eigenvalue weighted by molar-refractivity contribution is -0.123. The molecular formula is C20H18FN5O4. The summed E-state index contributed by atoms with van der Waals surface area (Å²) in [5.41, 5.74) is 0.727. The Balaban J connectivity index is 1.48. The van der Waals surface area contributed by atoms with E-state index in [1.807, 2.05) is 6.92 Å². The van der Waals surface area contributed by atoms with Crippen LogP contribution in [-0.4, -0.2) is 48.0 Å². The number of fused-ring (bicyclic) bond motifs is 1. The summed E-state index contributed by atoms with van der Waals surface area (Å²) in [6.07, 6.45) is 0. The van der Waals surface area contributed by atoms with Crippen molar-refractivity contribution in [3.05, 3.63) is 54.3 Å². The molecule has 0 radical (unpaired) electrons. The van der Waals surface area contributed by atoms with Crippen LogP contribution < -0.4 is 15.0 Å². The maximum atomic E-state index is 13.2. The molecule has 4 rings (SSSR count). The first kappa shape index (κ1) is 19.5. The van der Waals surface area contributed by atoms with Gasteiger partial charge in [-0.2, -0.15) is 5.11 Å². The Hall–Kier alpha value is -3.82. The first-order chi connectivity index (χ1) is 14.5. The van der Waals surface area contributed by atoms with Gasteiger partial charge in [-0.15, -0.1) is 0 Å². The molecule has 2 aromatic carbocycles. The van der Waals surface area contributed by atoms with Crippen LogP contribution in [-0.2, 0) is 14.4 Å². The van der Waals surface area contributed by atoms with Gasteiger partial charge in [0.2, 0.25) is 5.91 Å². The number of rotatable bonds is 6. The Labute approximate surface area is 171 Å². The van der Waals surface area contributed by atoms with Crippen LogP contribution >= 0.6 is 0 Å². The van der Waals surface area contributed by atoms with Crippen molar-refractivity contribution in [3.8, 4) is 5.75 Å². The Bertz CT molecular complexity index is 1030. The summed E-state index contributed by atoms with van der Waals surface area (Å²) in [6, 6.07) is 9.90. The van der Waals surface area contributed by atoms with Gasteiger partial charge in [0.15, 0.2) is 12.1 Å². The number of hydrogen-bond acceptors (Lipinski definition) is 7. The Kier molecular flexibility index (Phi) is 5.13. The minimum absolute atomic E-state index is 0.242. The van der Waals surface area contributed by atoms with Crippen LogP contribution in [0.15, 0.2) is 58.9 Å². The molecule has 0 bridgehead atoms. The predicted molar refractivity (Wildman–Crippen MR) is 104 cm³/mol. The molecule has 2 atom stereocenters. The van der Waals surface area contributed by atoms with Crippen LogP contribution in [0.4, 0.5) is 15.8 Å². The minimum atomic E-state index is -1.04. The molecule has 2 aliphatic rings. The normalized spacial score (nSPS) is 19.9. The second-order valence-corrected chi connectivity index (χ2v) is 6.66. The number of amides is 3. The minimum Gasteiger partial charge on any atom is -0.492 e. The van der Waals surface area contributed by atoms with Crippen LogP contribution in [0.1, 0.15) is 6.92 Å². The third kappa shape index (κ3) is 3.47. The summed E-state index contributed by atoms with van der Waals surface area (Å²) >= 11 is 0. The number of para-hydroxylation sites is 2. The molecule has 2 aliphatic heterocycles. The van der Waals surface area contributed by atoms with E-state index in [2.05, 4.69) is 15.7 Å². The van der Waals surface area contributed by atoms with Gasteiger partial charge in [0, 0.05) is 0 Å². The molecule has 9 nitrogen and oxygen atoms in total. The molecule has 0 unspecified atom stereocenters. The summed E-state index contributed by atoms with van der Waals surface area (Å²) in [4.78, 5) is 39.0. The molecule has 1 fully saturated rings. The Morgan fingerprint density at radius 3 is 2.60 bits per heavy atom. The lowest BCUT2D eigenvalue weighted by atomic mass is 10.1. The van der Waals surface area contributed by atoms with Gasteiger partial charge in [-0.25, -0.2) is 9.29 Å². The lowest BCUT2D eigenvalue weighted by Crippen LogP contribution is -2.43. The predicted octanol–water partition coefficient (Wildman–Crippen LogP) is 2.16. The number of nitrogens with zero attached hydrogens (tertiary/aromatic N) is 4. The number of anilines is 2. The van der Waals surface area contributed by atoms with Crippen molar-refractivity contribution in [2.45, 2.75) is 19.0 Å². The van der Waals surface area contributed by atoms with Gasteiger partial charge < -0.3 is 10.1 Å². The zero-order valence-electron chi connectivity index (χ0n) is 16.0. The zero-order chi connectivity index (χ0) is 21.3. The molecule has 1 saturated heterocycles. The second kappa shape index (κ2) is 7.90. The van der Waals surface area contributed by atoms with Crippen LogP contribution in [0, 0.1) is 5.82 Å². The van der Waals surface area contributed by atoms with E-state index in [1.54, 1.807) is 24.3 Å². The van der Waals surface area contributed by atoms with Crippen molar-refractivity contribution < 1.29 is 23.5 Å². The molecular weight excluding hydrogens is 393 g/mol. The fourth-order valence-corrected chi connectivity index (χ4v) is 3.39. The summed E-state index contributed by atoms with van der Waals surface area (Å²) in [7, 11) is 0. The van der Waals surface area contributed by atoms with Crippen molar-refractivity contribution in [3.63, 3.8) is 0 Å². The summed E-state index contributed by atoms with van der Waals surface area (Å²) in [5, 5.41) is 11.6. The van der Waals surface area contributed by atoms with E-state index in [9.17, 15) is 18.8 Å². The Morgan fingerprint density at radius 1 is 1.13 bits per heavy atom. The topological polar surface area (TPSA) is 104 Å². The highest BCUT2D eigenvalue weighted by atomic mass is 19.1. The molecule has 2 aromatic rings. The van der Waals surface area contributed by atoms with E-state index in [0.29, 0.717) is 18.0 Å². The van der Waals surface area contributed by atoms with Gasteiger partial charge in [0.25, 0.3) is 11.8 Å². The molecule has 0 aromatic heterocycles. The fourth-order valence-electron chi connectivity index (χ4n) is 3.39. The zero-order valence-corrected chi connectivity index (χ0v) is 16.0. The Morgan fingerprint density at radius 2 is 1.87 bits per heavy atom. The van der Waals surface area contributed by atoms with Gasteiger partial charge in [0.05, 0.1) is 18.0 Å².